The second-order valence-corrected chi connectivity index (χ2v) is 5.91. The first kappa shape index (κ1) is 14.5. The third-order valence-corrected chi connectivity index (χ3v) is 4.70. The van der Waals surface area contributed by atoms with Crippen LogP contribution in [0.1, 0.15) is 6.42 Å². The topological polar surface area (TPSA) is 28.2 Å². The number of hydrogen-bond donors (Lipinski definition) is 1. The number of halogens is 2. The summed E-state index contributed by atoms with van der Waals surface area (Å²) in [5.74, 6) is 1.30. The fraction of sp³-hybridized carbons (Fsp3) is 0.438. The number of fused-ring (bicyclic) bond motifs is 2. The average Bonchev–Trinajstić information content (AvgIpc) is 2.90. The van der Waals surface area contributed by atoms with Crippen molar-refractivity contribution in [1.29, 1.82) is 0 Å². The number of aromatic nitrogens is 1. The van der Waals surface area contributed by atoms with E-state index in [9.17, 15) is 4.39 Å². The molecule has 3 nitrogen and oxygen atoms in total. The first-order chi connectivity index (χ1) is 9.81. The summed E-state index contributed by atoms with van der Waals surface area (Å²) >= 11 is 0. The van der Waals surface area contributed by atoms with Gasteiger partial charge in [0.25, 0.3) is 0 Å². The average molecular weight is 308 g/mol. The van der Waals surface area contributed by atoms with E-state index in [1.54, 1.807) is 12.1 Å². The van der Waals surface area contributed by atoms with E-state index in [0.29, 0.717) is 0 Å². The lowest BCUT2D eigenvalue weighted by atomic mass is 9.90. The van der Waals surface area contributed by atoms with E-state index >= 15 is 0 Å². The van der Waals surface area contributed by atoms with Gasteiger partial charge in [-0.05, 0) is 55.6 Å². The van der Waals surface area contributed by atoms with Gasteiger partial charge < -0.3 is 10.2 Å². The van der Waals surface area contributed by atoms with Gasteiger partial charge in [0, 0.05) is 30.4 Å². The van der Waals surface area contributed by atoms with E-state index in [0.717, 1.165) is 54.6 Å². The molecule has 2 aliphatic heterocycles. The van der Waals surface area contributed by atoms with Gasteiger partial charge in [-0.15, -0.1) is 12.4 Å². The van der Waals surface area contributed by atoms with Crippen LogP contribution in [-0.2, 0) is 0 Å². The zero-order chi connectivity index (χ0) is 13.5. The summed E-state index contributed by atoms with van der Waals surface area (Å²) in [4.78, 5) is 6.75. The lowest BCUT2D eigenvalue weighted by Crippen LogP contribution is -2.35. The Morgan fingerprint density at radius 2 is 2.05 bits per heavy atom. The Balaban J connectivity index is 0.00000132. The molecule has 0 amide bonds. The van der Waals surface area contributed by atoms with Crippen LogP contribution in [0.2, 0.25) is 0 Å². The smallest absolute Gasteiger partial charge is 0.124 e. The normalized spacial score (nSPS) is 24.7. The highest BCUT2D eigenvalue weighted by molar-refractivity contribution is 5.91. The van der Waals surface area contributed by atoms with Gasteiger partial charge in [-0.25, -0.2) is 4.39 Å². The molecule has 2 saturated heterocycles. The van der Waals surface area contributed by atoms with Gasteiger partial charge in [0.05, 0.1) is 5.52 Å². The van der Waals surface area contributed by atoms with Crippen LogP contribution in [0.25, 0.3) is 10.9 Å². The summed E-state index contributed by atoms with van der Waals surface area (Å²) in [6, 6.07) is 6.87. The number of benzene rings is 1. The zero-order valence-electron chi connectivity index (χ0n) is 11.8. The van der Waals surface area contributed by atoms with Crippen molar-refractivity contribution in [2.24, 2.45) is 11.8 Å². The van der Waals surface area contributed by atoms with Crippen molar-refractivity contribution in [2.75, 3.05) is 31.1 Å². The molecule has 0 radical (unpaired) electrons. The molecule has 21 heavy (non-hydrogen) atoms. The molecular formula is C16H19ClFN3. The molecule has 1 aromatic carbocycles. The fourth-order valence-corrected chi connectivity index (χ4v) is 3.65. The van der Waals surface area contributed by atoms with Crippen molar-refractivity contribution in [2.45, 2.75) is 6.42 Å². The molecule has 2 aliphatic rings. The second kappa shape index (κ2) is 5.78. The van der Waals surface area contributed by atoms with Crippen LogP contribution >= 0.6 is 12.4 Å². The molecule has 1 N–H and O–H groups in total. The van der Waals surface area contributed by atoms with Crippen LogP contribution < -0.4 is 10.2 Å². The van der Waals surface area contributed by atoms with Gasteiger partial charge in [0.15, 0.2) is 0 Å². The van der Waals surface area contributed by atoms with Crippen molar-refractivity contribution in [3.8, 4) is 0 Å². The van der Waals surface area contributed by atoms with Gasteiger partial charge in [0.2, 0.25) is 0 Å². The van der Waals surface area contributed by atoms with Crippen molar-refractivity contribution < 1.29 is 4.39 Å². The fourth-order valence-electron chi connectivity index (χ4n) is 3.65. The van der Waals surface area contributed by atoms with Crippen LogP contribution in [0.15, 0.2) is 30.5 Å². The minimum absolute atomic E-state index is 0. The molecule has 0 aliphatic carbocycles. The molecule has 1 aromatic heterocycles. The predicted octanol–water partition coefficient (Wildman–Crippen LogP) is 2.84. The Labute approximate surface area is 130 Å². The summed E-state index contributed by atoms with van der Waals surface area (Å²) in [6.07, 6.45) is 3.08. The third-order valence-electron chi connectivity index (χ3n) is 4.70. The van der Waals surface area contributed by atoms with Crippen LogP contribution in [0, 0.1) is 17.7 Å². The van der Waals surface area contributed by atoms with Crippen molar-refractivity contribution in [3.05, 3.63) is 36.3 Å². The Hall–Kier alpha value is -1.39. The number of nitrogens with one attached hydrogen (secondary N) is 1. The summed E-state index contributed by atoms with van der Waals surface area (Å²) in [6.45, 7) is 4.38. The highest BCUT2D eigenvalue weighted by Gasteiger charge is 2.34. The number of hydrogen-bond acceptors (Lipinski definition) is 3. The van der Waals surface area contributed by atoms with E-state index in [4.69, 9.17) is 0 Å². The van der Waals surface area contributed by atoms with Gasteiger partial charge in [-0.2, -0.15) is 0 Å². The standard InChI is InChI=1S/C16H18FN3.ClH/c17-13-1-2-15-14(7-13)16(4-6-19-15)20-9-11-3-5-18-8-12(11)10-20;/h1-2,4,6-7,11-12,18H,3,5,8-10H2;1H. The molecule has 2 fully saturated rings. The van der Waals surface area contributed by atoms with Crippen LogP contribution in [0.3, 0.4) is 0 Å². The third kappa shape index (κ3) is 2.58. The minimum atomic E-state index is -0.190. The molecule has 0 bridgehead atoms. The molecule has 4 rings (SSSR count). The molecule has 3 heterocycles. The molecule has 112 valence electrons. The summed E-state index contributed by atoms with van der Waals surface area (Å²) in [5.41, 5.74) is 2.00. The van der Waals surface area contributed by atoms with E-state index in [1.807, 2.05) is 12.3 Å². The van der Waals surface area contributed by atoms with Crippen molar-refractivity contribution >= 4 is 29.0 Å². The van der Waals surface area contributed by atoms with Crippen LogP contribution in [0.5, 0.6) is 0 Å². The first-order valence-electron chi connectivity index (χ1n) is 7.31. The molecule has 5 heteroatoms. The second-order valence-electron chi connectivity index (χ2n) is 5.91. The zero-order valence-corrected chi connectivity index (χ0v) is 12.6. The molecule has 0 saturated carbocycles. The summed E-state index contributed by atoms with van der Waals surface area (Å²) in [5, 5.41) is 4.41. The maximum atomic E-state index is 13.5. The minimum Gasteiger partial charge on any atom is -0.370 e. The van der Waals surface area contributed by atoms with Crippen molar-refractivity contribution in [1.82, 2.24) is 10.3 Å². The Morgan fingerprint density at radius 3 is 2.90 bits per heavy atom. The first-order valence-corrected chi connectivity index (χ1v) is 7.31. The number of rotatable bonds is 1. The number of nitrogens with zero attached hydrogens (tertiary/aromatic N) is 2. The monoisotopic (exact) mass is 307 g/mol. The highest BCUT2D eigenvalue weighted by atomic mass is 35.5. The maximum Gasteiger partial charge on any atom is 0.124 e. The SMILES string of the molecule is Cl.Fc1ccc2nccc(N3CC4CCNCC4C3)c2c1. The lowest BCUT2D eigenvalue weighted by Gasteiger charge is -2.23. The van der Waals surface area contributed by atoms with Crippen molar-refractivity contribution in [3.63, 3.8) is 0 Å². The van der Waals surface area contributed by atoms with Gasteiger partial charge in [-0.1, -0.05) is 0 Å². The largest absolute Gasteiger partial charge is 0.370 e. The van der Waals surface area contributed by atoms with Gasteiger partial charge >= 0.3 is 0 Å². The van der Waals surface area contributed by atoms with E-state index in [-0.39, 0.29) is 18.2 Å². The van der Waals surface area contributed by atoms with Gasteiger partial charge in [0.1, 0.15) is 5.82 Å². The summed E-state index contributed by atoms with van der Waals surface area (Å²) in [7, 11) is 0. The highest BCUT2D eigenvalue weighted by Crippen LogP contribution is 2.34. The number of piperidine rings is 1. The lowest BCUT2D eigenvalue weighted by molar-refractivity contribution is 0.318. The van der Waals surface area contributed by atoms with E-state index in [1.165, 1.54) is 12.5 Å². The molecule has 2 unspecified atom stereocenters. The van der Waals surface area contributed by atoms with E-state index in [2.05, 4.69) is 15.2 Å². The molecule has 0 spiro atoms. The van der Waals surface area contributed by atoms with Crippen LogP contribution in [0.4, 0.5) is 10.1 Å². The number of pyridine rings is 1. The molecule has 2 atom stereocenters. The summed E-state index contributed by atoms with van der Waals surface area (Å²) < 4.78 is 13.5. The number of anilines is 1. The predicted molar refractivity (Wildman–Crippen MR) is 85.6 cm³/mol. The maximum absolute atomic E-state index is 13.5. The van der Waals surface area contributed by atoms with Crippen LogP contribution in [-0.4, -0.2) is 31.2 Å². The Morgan fingerprint density at radius 1 is 1.19 bits per heavy atom. The Bertz CT molecular complexity index is 634. The Kier molecular flexibility index (Phi) is 4.00. The van der Waals surface area contributed by atoms with E-state index < -0.39 is 0 Å². The van der Waals surface area contributed by atoms with Gasteiger partial charge in [-0.3, -0.25) is 4.98 Å². The quantitative estimate of drug-likeness (QED) is 0.878. The molecular weight excluding hydrogens is 289 g/mol. The molecule has 2 aromatic rings.